The first kappa shape index (κ1) is 11.5. The van der Waals surface area contributed by atoms with Crippen molar-refractivity contribution in [2.45, 2.75) is 44.1 Å². The Labute approximate surface area is 113 Å². The van der Waals surface area contributed by atoms with Crippen LogP contribution in [0.15, 0.2) is 18.2 Å². The minimum absolute atomic E-state index is 0.150. The van der Waals surface area contributed by atoms with Gasteiger partial charge in [-0.2, -0.15) is 0 Å². The van der Waals surface area contributed by atoms with Crippen LogP contribution in [0.3, 0.4) is 0 Å². The van der Waals surface area contributed by atoms with Gasteiger partial charge in [0, 0.05) is 11.7 Å². The number of amides is 1. The third-order valence-electron chi connectivity index (χ3n) is 5.06. The van der Waals surface area contributed by atoms with Crippen LogP contribution in [0.25, 0.3) is 0 Å². The van der Waals surface area contributed by atoms with Crippen molar-refractivity contribution in [1.29, 1.82) is 0 Å². The fourth-order valence-corrected chi connectivity index (χ4v) is 3.57. The summed E-state index contributed by atoms with van der Waals surface area (Å²) >= 11 is 0. The molecule has 2 aliphatic heterocycles. The summed E-state index contributed by atoms with van der Waals surface area (Å²) in [7, 11) is 0. The predicted molar refractivity (Wildman–Crippen MR) is 75.1 cm³/mol. The average Bonchev–Trinajstić information content (AvgIpc) is 3.15. The molecule has 1 aromatic carbocycles. The van der Waals surface area contributed by atoms with Crippen LogP contribution in [0.4, 0.5) is 5.69 Å². The zero-order valence-electron chi connectivity index (χ0n) is 11.3. The maximum Gasteiger partial charge on any atom is 0.235 e. The smallest absolute Gasteiger partial charge is 0.235 e. The Morgan fingerprint density at radius 3 is 2.79 bits per heavy atom. The van der Waals surface area contributed by atoms with Crippen molar-refractivity contribution < 1.29 is 4.79 Å². The molecule has 2 fully saturated rings. The van der Waals surface area contributed by atoms with Gasteiger partial charge in [0.25, 0.3) is 0 Å². The molecule has 2 heterocycles. The number of hydrogen-bond donors (Lipinski definition) is 2. The topological polar surface area (TPSA) is 41.1 Å². The number of carbonyl (C=O) groups excluding carboxylic acids is 1. The summed E-state index contributed by atoms with van der Waals surface area (Å²) in [6.07, 6.45) is 4.51. The first-order valence-corrected chi connectivity index (χ1v) is 7.38. The molecule has 1 amide bonds. The van der Waals surface area contributed by atoms with Crippen molar-refractivity contribution in [1.82, 2.24) is 5.32 Å². The maximum atomic E-state index is 12.0. The number of rotatable bonds is 1. The van der Waals surface area contributed by atoms with Crippen LogP contribution in [0.5, 0.6) is 0 Å². The first-order chi connectivity index (χ1) is 9.19. The monoisotopic (exact) mass is 256 g/mol. The quantitative estimate of drug-likeness (QED) is 0.811. The van der Waals surface area contributed by atoms with E-state index in [1.165, 1.54) is 24.0 Å². The average molecular weight is 256 g/mol. The molecule has 1 saturated heterocycles. The Kier molecular flexibility index (Phi) is 2.31. The standard InChI is InChI=1S/C16H20N2O/c1-10-2-5-13(17-9-10)11-3-4-12-14(8-11)18-15(19)16(12)6-7-16/h3-4,8,10,13,17H,2,5-7,9H2,1H3,(H,18,19)/t10-,13?/m0/s1. The third-order valence-corrected chi connectivity index (χ3v) is 5.06. The zero-order chi connectivity index (χ0) is 13.0. The Bertz CT molecular complexity index is 540. The second-order valence-electron chi connectivity index (χ2n) is 6.48. The van der Waals surface area contributed by atoms with E-state index < -0.39 is 0 Å². The first-order valence-electron chi connectivity index (χ1n) is 7.38. The molecule has 3 heteroatoms. The lowest BCUT2D eigenvalue weighted by atomic mass is 9.90. The Morgan fingerprint density at radius 1 is 1.26 bits per heavy atom. The van der Waals surface area contributed by atoms with Crippen LogP contribution in [0.2, 0.25) is 0 Å². The minimum Gasteiger partial charge on any atom is -0.325 e. The van der Waals surface area contributed by atoms with E-state index in [0.717, 1.165) is 31.0 Å². The van der Waals surface area contributed by atoms with Crippen LogP contribution in [0, 0.1) is 5.92 Å². The lowest BCUT2D eigenvalue weighted by Crippen LogP contribution is -2.31. The second-order valence-corrected chi connectivity index (χ2v) is 6.48. The molecule has 0 bridgehead atoms. The normalized spacial score (nSPS) is 31.1. The van der Waals surface area contributed by atoms with E-state index in [9.17, 15) is 4.79 Å². The number of piperidine rings is 1. The van der Waals surface area contributed by atoms with E-state index in [-0.39, 0.29) is 11.3 Å². The molecule has 1 saturated carbocycles. The van der Waals surface area contributed by atoms with Crippen molar-refractivity contribution >= 4 is 11.6 Å². The fraction of sp³-hybridized carbons (Fsp3) is 0.562. The van der Waals surface area contributed by atoms with Crippen molar-refractivity contribution in [2.24, 2.45) is 5.92 Å². The number of carbonyl (C=O) groups is 1. The summed E-state index contributed by atoms with van der Waals surface area (Å²) in [6.45, 7) is 3.39. The SMILES string of the molecule is C[C@H]1CCC(c2ccc3c(c2)NC(=O)C32CC2)NC1. The Morgan fingerprint density at radius 2 is 2.11 bits per heavy atom. The number of nitrogens with one attached hydrogen (secondary N) is 2. The van der Waals surface area contributed by atoms with E-state index >= 15 is 0 Å². The number of anilines is 1. The van der Waals surface area contributed by atoms with Gasteiger partial charge in [0.15, 0.2) is 0 Å². The number of benzene rings is 1. The molecule has 1 aromatic rings. The van der Waals surface area contributed by atoms with Crippen LogP contribution < -0.4 is 10.6 Å². The maximum absolute atomic E-state index is 12.0. The van der Waals surface area contributed by atoms with Gasteiger partial charge in [0.2, 0.25) is 5.91 Å². The van der Waals surface area contributed by atoms with Gasteiger partial charge in [-0.3, -0.25) is 4.79 Å². The molecule has 4 rings (SSSR count). The molecular formula is C16H20N2O. The van der Waals surface area contributed by atoms with Crippen LogP contribution in [-0.2, 0) is 10.2 Å². The summed E-state index contributed by atoms with van der Waals surface area (Å²) in [5, 5.41) is 6.68. The van der Waals surface area contributed by atoms with Gasteiger partial charge in [-0.1, -0.05) is 19.1 Å². The van der Waals surface area contributed by atoms with Crippen molar-refractivity contribution in [3.63, 3.8) is 0 Å². The highest BCUT2D eigenvalue weighted by molar-refractivity contribution is 6.08. The van der Waals surface area contributed by atoms with Crippen molar-refractivity contribution in [2.75, 3.05) is 11.9 Å². The third kappa shape index (κ3) is 1.64. The summed E-state index contributed by atoms with van der Waals surface area (Å²) in [5.74, 6) is 0.991. The summed E-state index contributed by atoms with van der Waals surface area (Å²) < 4.78 is 0. The summed E-state index contributed by atoms with van der Waals surface area (Å²) in [5.41, 5.74) is 3.46. The molecule has 0 aromatic heterocycles. The highest BCUT2D eigenvalue weighted by Crippen LogP contribution is 2.55. The largest absolute Gasteiger partial charge is 0.325 e. The second kappa shape index (κ2) is 3.83. The zero-order valence-corrected chi connectivity index (χ0v) is 11.3. The Hall–Kier alpha value is -1.35. The molecule has 100 valence electrons. The van der Waals surface area contributed by atoms with Gasteiger partial charge in [-0.05, 0) is 55.3 Å². The van der Waals surface area contributed by atoms with Gasteiger partial charge in [-0.15, -0.1) is 0 Å². The van der Waals surface area contributed by atoms with E-state index in [1.54, 1.807) is 0 Å². The van der Waals surface area contributed by atoms with Crippen molar-refractivity contribution in [3.8, 4) is 0 Å². The van der Waals surface area contributed by atoms with Gasteiger partial charge >= 0.3 is 0 Å². The highest BCUT2D eigenvalue weighted by atomic mass is 16.2. The molecule has 1 unspecified atom stereocenters. The van der Waals surface area contributed by atoms with Crippen LogP contribution in [0.1, 0.15) is 49.8 Å². The molecule has 3 nitrogen and oxygen atoms in total. The molecule has 1 spiro atoms. The van der Waals surface area contributed by atoms with Gasteiger partial charge in [0.1, 0.15) is 0 Å². The predicted octanol–water partition coefficient (Wildman–Crippen LogP) is 2.73. The van der Waals surface area contributed by atoms with Crippen LogP contribution in [-0.4, -0.2) is 12.5 Å². The molecular weight excluding hydrogens is 236 g/mol. The Balaban J connectivity index is 1.63. The minimum atomic E-state index is -0.150. The molecule has 19 heavy (non-hydrogen) atoms. The molecule has 2 N–H and O–H groups in total. The number of hydrogen-bond acceptors (Lipinski definition) is 2. The molecule has 0 radical (unpaired) electrons. The summed E-state index contributed by atoms with van der Waals surface area (Å²) in [6, 6.07) is 7.03. The molecule has 1 aliphatic carbocycles. The van der Waals surface area contributed by atoms with Gasteiger partial charge in [0.05, 0.1) is 5.41 Å². The van der Waals surface area contributed by atoms with E-state index in [1.807, 2.05) is 0 Å². The summed E-state index contributed by atoms with van der Waals surface area (Å²) in [4.78, 5) is 12.0. The van der Waals surface area contributed by atoms with Crippen LogP contribution >= 0.6 is 0 Å². The van der Waals surface area contributed by atoms with E-state index in [2.05, 4.69) is 35.8 Å². The van der Waals surface area contributed by atoms with E-state index in [0.29, 0.717) is 6.04 Å². The fourth-order valence-electron chi connectivity index (χ4n) is 3.57. The van der Waals surface area contributed by atoms with Crippen molar-refractivity contribution in [3.05, 3.63) is 29.3 Å². The molecule has 2 atom stereocenters. The highest BCUT2D eigenvalue weighted by Gasteiger charge is 2.56. The van der Waals surface area contributed by atoms with Gasteiger partial charge < -0.3 is 10.6 Å². The van der Waals surface area contributed by atoms with E-state index in [4.69, 9.17) is 0 Å². The lowest BCUT2D eigenvalue weighted by molar-refractivity contribution is -0.117. The van der Waals surface area contributed by atoms with Gasteiger partial charge in [-0.25, -0.2) is 0 Å². The molecule has 3 aliphatic rings. The lowest BCUT2D eigenvalue weighted by Gasteiger charge is -2.28. The number of fused-ring (bicyclic) bond motifs is 2.